The minimum Gasteiger partial charge on any atom is -0.507 e. The average molecular weight is 364 g/mol. The number of carbonyl (C=O) groups excluding carboxylic acids is 3. The maximum Gasteiger partial charge on any atom is 0.316 e. The van der Waals surface area contributed by atoms with E-state index in [0.717, 1.165) is 0 Å². The molecule has 4 rings (SSSR count). The normalized spacial score (nSPS) is 12.5. The van der Waals surface area contributed by atoms with E-state index in [1.54, 1.807) is 0 Å². The topological polar surface area (TPSA) is 120 Å². The van der Waals surface area contributed by atoms with Crippen molar-refractivity contribution in [1.29, 1.82) is 0 Å². The fraction of sp³-hybridized carbons (Fsp3) is 0.105. The molecule has 0 fully saturated rings. The molecule has 0 saturated carbocycles. The number of furan rings is 1. The van der Waals surface area contributed by atoms with Crippen molar-refractivity contribution in [1.82, 2.24) is 9.97 Å². The van der Waals surface area contributed by atoms with E-state index in [1.165, 1.54) is 44.6 Å². The van der Waals surface area contributed by atoms with Crippen LogP contribution in [0.25, 0.3) is 11.1 Å². The van der Waals surface area contributed by atoms with E-state index in [9.17, 15) is 19.5 Å². The number of hydrogen-bond acceptors (Lipinski definition) is 8. The lowest BCUT2D eigenvalue weighted by atomic mass is 9.84. The lowest BCUT2D eigenvalue weighted by Gasteiger charge is -2.15. The lowest BCUT2D eigenvalue weighted by molar-refractivity contribution is 0.0945. The van der Waals surface area contributed by atoms with Gasteiger partial charge in [-0.1, -0.05) is 6.07 Å². The molecule has 27 heavy (non-hydrogen) atoms. The van der Waals surface area contributed by atoms with Gasteiger partial charge in [-0.25, -0.2) is 9.97 Å². The van der Waals surface area contributed by atoms with Crippen molar-refractivity contribution in [2.24, 2.45) is 0 Å². The predicted octanol–water partition coefficient (Wildman–Crippen LogP) is 2.43. The highest BCUT2D eigenvalue weighted by molar-refractivity contribution is 6.31. The number of phenolic OH excluding ortho intramolecular Hbond substituents is 1. The van der Waals surface area contributed by atoms with Gasteiger partial charge in [0.15, 0.2) is 17.3 Å². The summed E-state index contributed by atoms with van der Waals surface area (Å²) in [6, 6.07) is 4.30. The Kier molecular flexibility index (Phi) is 3.62. The van der Waals surface area contributed by atoms with Gasteiger partial charge in [0.05, 0.1) is 18.2 Å². The van der Waals surface area contributed by atoms with Gasteiger partial charge in [-0.15, -0.1) is 0 Å². The maximum atomic E-state index is 13.1. The van der Waals surface area contributed by atoms with E-state index in [0.29, 0.717) is 5.56 Å². The van der Waals surface area contributed by atoms with Crippen molar-refractivity contribution in [3.8, 4) is 22.9 Å². The zero-order valence-corrected chi connectivity index (χ0v) is 14.3. The molecule has 0 saturated heterocycles. The number of ketones is 3. The fourth-order valence-corrected chi connectivity index (χ4v) is 3.10. The van der Waals surface area contributed by atoms with Gasteiger partial charge in [-0.2, -0.15) is 0 Å². The Bertz CT molecular complexity index is 1130. The minimum atomic E-state index is -0.611. The number of nitrogens with zero attached hydrogens (tertiary/aromatic N) is 2. The Balaban J connectivity index is 2.03. The number of hydrogen-bond donors (Lipinski definition) is 1. The van der Waals surface area contributed by atoms with Gasteiger partial charge in [0.1, 0.15) is 5.75 Å². The number of aromatic hydroxyl groups is 1. The van der Waals surface area contributed by atoms with E-state index >= 15 is 0 Å². The van der Waals surface area contributed by atoms with Crippen molar-refractivity contribution in [3.63, 3.8) is 0 Å². The van der Waals surface area contributed by atoms with Gasteiger partial charge in [-0.05, 0) is 12.1 Å². The summed E-state index contributed by atoms with van der Waals surface area (Å²) < 4.78 is 10.4. The van der Waals surface area contributed by atoms with Gasteiger partial charge >= 0.3 is 6.01 Å². The van der Waals surface area contributed by atoms with Crippen LogP contribution in [0.3, 0.4) is 0 Å². The molecule has 0 unspecified atom stereocenters. The number of benzene rings is 1. The molecule has 2 heterocycles. The number of phenols is 1. The average Bonchev–Trinajstić information content (AvgIpc) is 3.07. The van der Waals surface area contributed by atoms with Gasteiger partial charge < -0.3 is 14.3 Å². The number of Topliss-reactive ketones (excluding diaryl/α,β-unsaturated/α-hetero) is 1. The zero-order valence-electron chi connectivity index (χ0n) is 14.3. The van der Waals surface area contributed by atoms with Crippen LogP contribution in [0.4, 0.5) is 0 Å². The molecule has 1 aliphatic carbocycles. The number of methoxy groups -OCH3 is 1. The van der Waals surface area contributed by atoms with Crippen LogP contribution in [-0.2, 0) is 0 Å². The number of aromatic nitrogens is 2. The highest BCUT2D eigenvalue weighted by Crippen LogP contribution is 2.41. The van der Waals surface area contributed by atoms with Crippen molar-refractivity contribution < 1.29 is 28.6 Å². The second kappa shape index (κ2) is 5.87. The minimum absolute atomic E-state index is 0.0221. The Morgan fingerprint density at radius 1 is 1.07 bits per heavy atom. The Morgan fingerprint density at radius 3 is 2.41 bits per heavy atom. The summed E-state index contributed by atoms with van der Waals surface area (Å²) in [6.07, 6.45) is 2.73. The second-order valence-electron chi connectivity index (χ2n) is 5.88. The molecule has 0 atom stereocenters. The Hall–Kier alpha value is -3.81. The van der Waals surface area contributed by atoms with Crippen LogP contribution in [-0.4, -0.2) is 39.5 Å². The lowest BCUT2D eigenvalue weighted by Crippen LogP contribution is -2.20. The Morgan fingerprint density at radius 2 is 1.78 bits per heavy atom. The summed E-state index contributed by atoms with van der Waals surface area (Å²) in [5, 5.41) is 10.1. The van der Waals surface area contributed by atoms with Crippen LogP contribution < -0.4 is 4.74 Å². The van der Waals surface area contributed by atoms with E-state index in [1.807, 2.05) is 0 Å². The summed E-state index contributed by atoms with van der Waals surface area (Å²) in [5.41, 5.74) is 0.238. The molecule has 0 aliphatic heterocycles. The molecule has 8 nitrogen and oxygen atoms in total. The van der Waals surface area contributed by atoms with Crippen LogP contribution in [0.5, 0.6) is 11.8 Å². The molecule has 3 aromatic rings. The van der Waals surface area contributed by atoms with Crippen molar-refractivity contribution in [2.45, 2.75) is 6.92 Å². The molecule has 0 amide bonds. The zero-order chi connectivity index (χ0) is 19.3. The van der Waals surface area contributed by atoms with Gasteiger partial charge in [-0.3, -0.25) is 14.4 Å². The summed E-state index contributed by atoms with van der Waals surface area (Å²) in [5.74, 6) is -2.38. The fourth-order valence-electron chi connectivity index (χ4n) is 3.10. The Labute approximate surface area is 152 Å². The second-order valence-corrected chi connectivity index (χ2v) is 5.88. The maximum absolute atomic E-state index is 13.1. The predicted molar refractivity (Wildman–Crippen MR) is 91.3 cm³/mol. The van der Waals surface area contributed by atoms with Crippen LogP contribution in [0.1, 0.15) is 49.5 Å². The monoisotopic (exact) mass is 364 g/mol. The quantitative estimate of drug-likeness (QED) is 0.550. The van der Waals surface area contributed by atoms with Gasteiger partial charge in [0.2, 0.25) is 11.6 Å². The first-order chi connectivity index (χ1) is 12.9. The highest BCUT2D eigenvalue weighted by Gasteiger charge is 2.40. The third-order valence-electron chi connectivity index (χ3n) is 4.27. The molecule has 0 bridgehead atoms. The number of rotatable bonds is 3. The molecule has 1 aromatic carbocycles. The van der Waals surface area contributed by atoms with E-state index < -0.39 is 17.3 Å². The molecular weight excluding hydrogens is 352 g/mol. The molecule has 1 N–H and O–H groups in total. The summed E-state index contributed by atoms with van der Waals surface area (Å²) in [6.45, 7) is 1.26. The third kappa shape index (κ3) is 2.34. The summed E-state index contributed by atoms with van der Waals surface area (Å²) in [4.78, 5) is 45.9. The molecule has 8 heteroatoms. The largest absolute Gasteiger partial charge is 0.507 e. The summed E-state index contributed by atoms with van der Waals surface area (Å²) in [7, 11) is 1.40. The molecule has 134 valence electrons. The first-order valence-electron chi connectivity index (χ1n) is 7.89. The van der Waals surface area contributed by atoms with Crippen LogP contribution >= 0.6 is 0 Å². The van der Waals surface area contributed by atoms with Crippen molar-refractivity contribution in [3.05, 3.63) is 58.8 Å². The van der Waals surface area contributed by atoms with Crippen LogP contribution in [0.15, 0.2) is 35.0 Å². The van der Waals surface area contributed by atoms with Crippen LogP contribution in [0.2, 0.25) is 0 Å². The van der Waals surface area contributed by atoms with Crippen LogP contribution in [0, 0.1) is 0 Å². The number of fused-ring (bicyclic) bond motifs is 2. The molecule has 1 aliphatic rings. The smallest absolute Gasteiger partial charge is 0.316 e. The molecule has 0 radical (unpaired) electrons. The molecule has 0 spiro atoms. The van der Waals surface area contributed by atoms with Gasteiger partial charge in [0, 0.05) is 36.0 Å². The van der Waals surface area contributed by atoms with E-state index in [4.69, 9.17) is 9.15 Å². The van der Waals surface area contributed by atoms with Crippen molar-refractivity contribution in [2.75, 3.05) is 7.11 Å². The first kappa shape index (κ1) is 16.6. The van der Waals surface area contributed by atoms with E-state index in [-0.39, 0.29) is 45.5 Å². The number of ether oxygens (including phenoxy) is 1. The number of carbonyl (C=O) groups is 3. The van der Waals surface area contributed by atoms with E-state index in [2.05, 4.69) is 9.97 Å². The van der Waals surface area contributed by atoms with Gasteiger partial charge in [0.25, 0.3) is 0 Å². The standard InChI is InChI=1S/C19H12N2O6/c1-8(22)17-12(9-6-20-19(26-2)21-7-9)14-16(25)13-10(4-3-5-11(13)23)15(24)18(14)27-17/h3-7,23H,1-2H3. The first-order valence-corrected chi connectivity index (χ1v) is 7.89. The summed E-state index contributed by atoms with van der Waals surface area (Å²) >= 11 is 0. The highest BCUT2D eigenvalue weighted by atomic mass is 16.5. The third-order valence-corrected chi connectivity index (χ3v) is 4.27. The molecule has 2 aromatic heterocycles. The van der Waals surface area contributed by atoms with Crippen molar-refractivity contribution >= 4 is 17.3 Å². The molecular formula is C19H12N2O6. The SMILES string of the molecule is COc1ncc(-c2c(C(C)=O)oc3c2C(=O)c2c(O)cccc2C3=O)cn1.